The van der Waals surface area contributed by atoms with E-state index in [0.29, 0.717) is 22.0 Å². The summed E-state index contributed by atoms with van der Waals surface area (Å²) in [5, 5.41) is 9.13. The van der Waals surface area contributed by atoms with Gasteiger partial charge in [-0.25, -0.2) is 14.7 Å². The van der Waals surface area contributed by atoms with Crippen molar-refractivity contribution in [3.63, 3.8) is 0 Å². The second-order valence-corrected chi connectivity index (χ2v) is 6.36. The van der Waals surface area contributed by atoms with E-state index in [-0.39, 0.29) is 17.8 Å². The summed E-state index contributed by atoms with van der Waals surface area (Å²) in [5.74, 6) is -0.591. The van der Waals surface area contributed by atoms with Gasteiger partial charge in [0.25, 0.3) is 0 Å². The maximum absolute atomic E-state index is 12.0. The molecule has 0 bridgehead atoms. The summed E-state index contributed by atoms with van der Waals surface area (Å²) in [6.07, 6.45) is -0.194. The van der Waals surface area contributed by atoms with Gasteiger partial charge in [-0.05, 0) is 45.0 Å². The van der Waals surface area contributed by atoms with Crippen molar-refractivity contribution in [1.82, 2.24) is 15.2 Å². The van der Waals surface area contributed by atoms with Crippen molar-refractivity contribution in [3.05, 3.63) is 46.0 Å². The Balaban J connectivity index is 1.91. The quantitative estimate of drug-likeness (QED) is 0.594. The maximum atomic E-state index is 12.0. The Bertz CT molecular complexity index is 818. The number of aryl methyl sites for hydroxylation is 1. The number of anilines is 1. The minimum absolute atomic E-state index is 0.0795. The third-order valence-corrected chi connectivity index (χ3v) is 3.99. The SMILES string of the molecule is Cc1n[nH]c(=O)nc1SCC(=O)Nc1ccc(C(=O)OC(C)C)cc1. The first-order valence-corrected chi connectivity index (χ1v) is 8.50. The number of benzene rings is 1. The van der Waals surface area contributed by atoms with Gasteiger partial charge in [-0.2, -0.15) is 10.1 Å². The number of aromatic amines is 1. The molecule has 0 spiro atoms. The number of nitrogens with one attached hydrogen (secondary N) is 2. The van der Waals surface area contributed by atoms with E-state index in [1.807, 2.05) is 0 Å². The number of esters is 1. The van der Waals surface area contributed by atoms with Crippen LogP contribution < -0.4 is 11.0 Å². The molecule has 0 saturated carbocycles. The fourth-order valence-corrected chi connectivity index (χ4v) is 2.56. The molecule has 0 unspecified atom stereocenters. The van der Waals surface area contributed by atoms with Crippen molar-refractivity contribution in [2.75, 3.05) is 11.1 Å². The van der Waals surface area contributed by atoms with Crippen LogP contribution in [0.15, 0.2) is 34.1 Å². The van der Waals surface area contributed by atoms with E-state index in [1.165, 1.54) is 0 Å². The number of aromatic nitrogens is 3. The Morgan fingerprint density at radius 1 is 1.28 bits per heavy atom. The highest BCUT2D eigenvalue weighted by molar-refractivity contribution is 8.00. The summed E-state index contributed by atoms with van der Waals surface area (Å²) >= 11 is 1.12. The molecule has 0 saturated heterocycles. The number of amides is 1. The summed E-state index contributed by atoms with van der Waals surface area (Å²) in [4.78, 5) is 38.7. The Kier molecular flexibility index (Phi) is 6.29. The molecule has 2 rings (SSSR count). The van der Waals surface area contributed by atoms with E-state index in [4.69, 9.17) is 4.74 Å². The summed E-state index contributed by atoms with van der Waals surface area (Å²) < 4.78 is 5.10. The molecule has 9 heteroatoms. The van der Waals surface area contributed by atoms with Gasteiger partial charge in [-0.15, -0.1) is 0 Å². The lowest BCUT2D eigenvalue weighted by Gasteiger charge is -2.09. The Labute approximate surface area is 148 Å². The van der Waals surface area contributed by atoms with Crippen LogP contribution in [-0.2, 0) is 9.53 Å². The van der Waals surface area contributed by atoms with Gasteiger partial charge in [-0.1, -0.05) is 11.8 Å². The molecule has 0 radical (unpaired) electrons. The number of rotatable bonds is 6. The van der Waals surface area contributed by atoms with Crippen LogP contribution in [0.4, 0.5) is 5.69 Å². The summed E-state index contributed by atoms with van der Waals surface area (Å²) in [7, 11) is 0. The average Bonchev–Trinajstić information content (AvgIpc) is 2.55. The van der Waals surface area contributed by atoms with Crippen molar-refractivity contribution in [2.24, 2.45) is 0 Å². The van der Waals surface area contributed by atoms with Gasteiger partial charge in [0.05, 0.1) is 23.1 Å². The standard InChI is InChI=1S/C16H18N4O4S/c1-9(2)24-15(22)11-4-6-12(7-5-11)17-13(21)8-25-14-10(3)19-20-16(23)18-14/h4-7,9H,8H2,1-3H3,(H,17,21)(H,18,20,23). The lowest BCUT2D eigenvalue weighted by atomic mass is 10.2. The smallest absolute Gasteiger partial charge is 0.362 e. The monoisotopic (exact) mass is 362 g/mol. The molecule has 1 heterocycles. The first-order valence-electron chi connectivity index (χ1n) is 7.52. The van der Waals surface area contributed by atoms with E-state index in [9.17, 15) is 14.4 Å². The minimum atomic E-state index is -0.558. The van der Waals surface area contributed by atoms with Gasteiger partial charge < -0.3 is 10.1 Å². The van der Waals surface area contributed by atoms with Gasteiger partial charge in [0.15, 0.2) is 0 Å². The lowest BCUT2D eigenvalue weighted by Crippen LogP contribution is -2.17. The Morgan fingerprint density at radius 3 is 2.60 bits per heavy atom. The molecule has 1 amide bonds. The van der Waals surface area contributed by atoms with Gasteiger partial charge in [0.1, 0.15) is 5.03 Å². The van der Waals surface area contributed by atoms with Crippen molar-refractivity contribution < 1.29 is 14.3 Å². The zero-order valence-corrected chi connectivity index (χ0v) is 14.8. The first-order chi connectivity index (χ1) is 11.8. The van der Waals surface area contributed by atoms with Crippen LogP contribution in [0.1, 0.15) is 29.9 Å². The van der Waals surface area contributed by atoms with Crippen LogP contribution in [0, 0.1) is 6.92 Å². The molecule has 0 atom stereocenters. The molecular formula is C16H18N4O4S. The molecule has 1 aromatic carbocycles. The lowest BCUT2D eigenvalue weighted by molar-refractivity contribution is -0.113. The molecule has 2 N–H and O–H groups in total. The molecule has 1 aromatic heterocycles. The fourth-order valence-electron chi connectivity index (χ4n) is 1.82. The van der Waals surface area contributed by atoms with E-state index >= 15 is 0 Å². The Hall–Kier alpha value is -2.68. The van der Waals surface area contributed by atoms with Crippen molar-refractivity contribution in [2.45, 2.75) is 31.9 Å². The molecule has 0 aliphatic heterocycles. The van der Waals surface area contributed by atoms with Crippen LogP contribution >= 0.6 is 11.8 Å². The number of ether oxygens (including phenoxy) is 1. The molecule has 0 aliphatic rings. The summed E-state index contributed by atoms with van der Waals surface area (Å²) in [6.45, 7) is 5.24. The Morgan fingerprint density at radius 2 is 1.96 bits per heavy atom. The van der Waals surface area contributed by atoms with Gasteiger partial charge >= 0.3 is 11.7 Å². The number of thioether (sulfide) groups is 1. The van der Waals surface area contributed by atoms with Crippen LogP contribution in [-0.4, -0.2) is 38.9 Å². The average molecular weight is 362 g/mol. The summed E-state index contributed by atoms with van der Waals surface area (Å²) in [5.41, 5.74) is 0.957. The van der Waals surface area contributed by atoms with E-state index in [0.717, 1.165) is 11.8 Å². The van der Waals surface area contributed by atoms with E-state index in [1.54, 1.807) is 45.0 Å². The highest BCUT2D eigenvalue weighted by atomic mass is 32.2. The molecule has 132 valence electrons. The molecular weight excluding hydrogens is 344 g/mol. The summed E-state index contributed by atoms with van der Waals surface area (Å²) in [6, 6.07) is 6.41. The van der Waals surface area contributed by atoms with Crippen molar-refractivity contribution >= 4 is 29.3 Å². The minimum Gasteiger partial charge on any atom is -0.459 e. The van der Waals surface area contributed by atoms with Crippen LogP contribution in [0.3, 0.4) is 0 Å². The number of nitrogens with zero attached hydrogens (tertiary/aromatic N) is 2. The van der Waals surface area contributed by atoms with Gasteiger partial charge in [0.2, 0.25) is 5.91 Å². The predicted octanol–water partition coefficient (Wildman–Crippen LogP) is 1.77. The van der Waals surface area contributed by atoms with Gasteiger partial charge in [0, 0.05) is 5.69 Å². The molecule has 0 fully saturated rings. The normalized spacial score (nSPS) is 10.6. The molecule has 0 aliphatic carbocycles. The number of carbonyl (C=O) groups is 2. The van der Waals surface area contributed by atoms with Gasteiger partial charge in [-0.3, -0.25) is 4.79 Å². The second kappa shape index (κ2) is 8.43. The largest absolute Gasteiger partial charge is 0.459 e. The molecule has 8 nitrogen and oxygen atoms in total. The van der Waals surface area contributed by atoms with Crippen LogP contribution in [0.5, 0.6) is 0 Å². The van der Waals surface area contributed by atoms with Crippen LogP contribution in [0.2, 0.25) is 0 Å². The van der Waals surface area contributed by atoms with E-state index in [2.05, 4.69) is 20.5 Å². The zero-order chi connectivity index (χ0) is 18.4. The zero-order valence-electron chi connectivity index (χ0n) is 14.0. The fraction of sp³-hybridized carbons (Fsp3) is 0.312. The second-order valence-electron chi connectivity index (χ2n) is 5.40. The van der Waals surface area contributed by atoms with Crippen LogP contribution in [0.25, 0.3) is 0 Å². The molecule has 25 heavy (non-hydrogen) atoms. The predicted molar refractivity (Wildman–Crippen MR) is 93.7 cm³/mol. The van der Waals surface area contributed by atoms with E-state index < -0.39 is 11.7 Å². The number of hydrogen-bond donors (Lipinski definition) is 2. The third kappa shape index (κ3) is 5.71. The number of hydrogen-bond acceptors (Lipinski definition) is 7. The van der Waals surface area contributed by atoms with Crippen molar-refractivity contribution in [1.29, 1.82) is 0 Å². The number of carbonyl (C=O) groups excluding carboxylic acids is 2. The topological polar surface area (TPSA) is 114 Å². The third-order valence-electron chi connectivity index (χ3n) is 2.92. The number of H-pyrrole nitrogens is 1. The highest BCUT2D eigenvalue weighted by Crippen LogP contribution is 2.17. The highest BCUT2D eigenvalue weighted by Gasteiger charge is 2.11. The van der Waals surface area contributed by atoms with Crippen molar-refractivity contribution in [3.8, 4) is 0 Å². The maximum Gasteiger partial charge on any atom is 0.362 e. The first kappa shape index (κ1) is 18.7. The molecule has 2 aromatic rings.